The molecule has 0 N–H and O–H groups in total. The number of Topliss-reactive ketones (excluding diaryl/α,β-unsaturated/α-hetero) is 1. The number of methoxy groups -OCH3 is 1. The van der Waals surface area contributed by atoms with E-state index in [1.165, 1.54) is 16.7 Å². The van der Waals surface area contributed by atoms with Crippen molar-refractivity contribution in [2.24, 2.45) is 0 Å². The molecule has 1 amide bonds. The molecule has 132 valence electrons. The molecule has 0 spiro atoms. The Kier molecular flexibility index (Phi) is 5.54. The van der Waals surface area contributed by atoms with Crippen molar-refractivity contribution in [3.05, 3.63) is 70.1 Å². The molecule has 6 heteroatoms. The number of ether oxygens (including phenoxy) is 1. The van der Waals surface area contributed by atoms with E-state index >= 15 is 0 Å². The minimum Gasteiger partial charge on any atom is -0.497 e. The fraction of sp³-hybridized carbons (Fsp3) is 0.150. The summed E-state index contributed by atoms with van der Waals surface area (Å²) in [6, 6.07) is 14.7. The van der Waals surface area contributed by atoms with Crippen LogP contribution in [0.25, 0.3) is 6.08 Å². The second kappa shape index (κ2) is 7.85. The molecule has 26 heavy (non-hydrogen) atoms. The van der Waals surface area contributed by atoms with E-state index in [0.29, 0.717) is 20.5 Å². The Morgan fingerprint density at radius 3 is 2.42 bits per heavy atom. The van der Waals surface area contributed by atoms with Crippen molar-refractivity contribution in [1.82, 2.24) is 4.90 Å². The van der Waals surface area contributed by atoms with Crippen LogP contribution in [0.15, 0.2) is 53.4 Å². The molecule has 1 aliphatic heterocycles. The van der Waals surface area contributed by atoms with E-state index in [1.807, 2.05) is 31.2 Å². The van der Waals surface area contributed by atoms with Crippen LogP contribution in [0.5, 0.6) is 5.75 Å². The zero-order chi connectivity index (χ0) is 18.7. The van der Waals surface area contributed by atoms with Gasteiger partial charge < -0.3 is 4.74 Å². The molecule has 0 saturated carbocycles. The van der Waals surface area contributed by atoms with Gasteiger partial charge in [0.15, 0.2) is 5.78 Å². The van der Waals surface area contributed by atoms with Gasteiger partial charge in [-0.15, -0.1) is 0 Å². The van der Waals surface area contributed by atoms with E-state index in [0.717, 1.165) is 11.1 Å². The average molecular weight is 383 g/mol. The zero-order valence-corrected chi connectivity index (χ0v) is 16.0. The van der Waals surface area contributed by atoms with E-state index in [9.17, 15) is 9.59 Å². The minimum absolute atomic E-state index is 0.0672. The first-order valence-corrected chi connectivity index (χ1v) is 9.19. The van der Waals surface area contributed by atoms with Crippen LogP contribution < -0.4 is 4.74 Å². The average Bonchev–Trinajstić information content (AvgIpc) is 2.91. The molecule has 1 aliphatic rings. The van der Waals surface area contributed by atoms with E-state index in [1.54, 1.807) is 37.5 Å². The maximum absolute atomic E-state index is 12.6. The van der Waals surface area contributed by atoms with Crippen molar-refractivity contribution in [3.8, 4) is 5.75 Å². The van der Waals surface area contributed by atoms with E-state index in [-0.39, 0.29) is 18.2 Å². The summed E-state index contributed by atoms with van der Waals surface area (Å²) in [5.74, 6) is 0.274. The van der Waals surface area contributed by atoms with Crippen molar-refractivity contribution in [2.75, 3.05) is 13.7 Å². The van der Waals surface area contributed by atoms with Crippen molar-refractivity contribution in [1.29, 1.82) is 0 Å². The maximum Gasteiger partial charge on any atom is 0.266 e. The number of carbonyl (C=O) groups excluding carboxylic acids is 2. The number of thioether (sulfide) groups is 1. The van der Waals surface area contributed by atoms with Crippen LogP contribution in [0.2, 0.25) is 0 Å². The largest absolute Gasteiger partial charge is 0.497 e. The molecule has 3 rings (SSSR count). The normalized spacial score (nSPS) is 15.6. The summed E-state index contributed by atoms with van der Waals surface area (Å²) >= 11 is 6.52. The SMILES string of the molecule is COc1ccc(C(=O)CN2C(=O)/C(=C\c3ccc(C)cc3)SC2=S)cc1. The molecule has 2 aromatic rings. The van der Waals surface area contributed by atoms with Gasteiger partial charge in [0, 0.05) is 5.56 Å². The molecule has 0 bridgehead atoms. The van der Waals surface area contributed by atoms with Crippen molar-refractivity contribution in [3.63, 3.8) is 0 Å². The van der Waals surface area contributed by atoms with Gasteiger partial charge in [-0.25, -0.2) is 0 Å². The molecule has 1 heterocycles. The molecule has 4 nitrogen and oxygen atoms in total. The third kappa shape index (κ3) is 4.03. The first-order valence-electron chi connectivity index (χ1n) is 7.97. The Balaban J connectivity index is 1.74. The molecule has 0 aliphatic carbocycles. The zero-order valence-electron chi connectivity index (χ0n) is 14.4. The van der Waals surface area contributed by atoms with Gasteiger partial charge >= 0.3 is 0 Å². The number of rotatable bonds is 5. The quantitative estimate of drug-likeness (QED) is 0.442. The number of amides is 1. The molecule has 0 radical (unpaired) electrons. The summed E-state index contributed by atoms with van der Waals surface area (Å²) in [6.45, 7) is 1.94. The fourth-order valence-corrected chi connectivity index (χ4v) is 3.72. The van der Waals surface area contributed by atoms with Crippen LogP contribution in [0, 0.1) is 6.92 Å². The van der Waals surface area contributed by atoms with E-state index in [2.05, 4.69) is 0 Å². The molecular formula is C20H17NO3S2. The fourth-order valence-electron chi connectivity index (χ4n) is 2.46. The number of hydrogen-bond acceptors (Lipinski definition) is 5. The third-order valence-corrected chi connectivity index (χ3v) is 5.34. The van der Waals surface area contributed by atoms with Crippen LogP contribution in [-0.2, 0) is 4.79 Å². The van der Waals surface area contributed by atoms with Gasteiger partial charge in [-0.05, 0) is 42.8 Å². The number of nitrogens with zero attached hydrogens (tertiary/aromatic N) is 1. The van der Waals surface area contributed by atoms with E-state index < -0.39 is 0 Å². The van der Waals surface area contributed by atoms with Crippen molar-refractivity contribution >= 4 is 46.1 Å². The summed E-state index contributed by atoms with van der Waals surface area (Å²) in [7, 11) is 1.57. The Labute approximate surface area is 161 Å². The number of benzene rings is 2. The molecule has 0 atom stereocenters. The topological polar surface area (TPSA) is 46.6 Å². The number of hydrogen-bond donors (Lipinski definition) is 0. The monoisotopic (exact) mass is 383 g/mol. The van der Waals surface area contributed by atoms with E-state index in [4.69, 9.17) is 17.0 Å². The van der Waals surface area contributed by atoms with Crippen LogP contribution in [0.3, 0.4) is 0 Å². The number of ketones is 1. The standard InChI is InChI=1S/C20H17NO3S2/c1-13-3-5-14(6-4-13)11-18-19(23)21(20(25)26-18)12-17(22)15-7-9-16(24-2)10-8-15/h3-11H,12H2,1-2H3/b18-11+. The van der Waals surface area contributed by atoms with Gasteiger partial charge in [-0.1, -0.05) is 53.8 Å². The molecule has 0 unspecified atom stereocenters. The first kappa shape index (κ1) is 18.4. The highest BCUT2D eigenvalue weighted by Crippen LogP contribution is 2.32. The van der Waals surface area contributed by atoms with Crippen molar-refractivity contribution in [2.45, 2.75) is 6.92 Å². The predicted octanol–water partition coefficient (Wildman–Crippen LogP) is 4.09. The number of thiocarbonyl (C=S) groups is 1. The van der Waals surface area contributed by atoms with Crippen LogP contribution in [0.1, 0.15) is 21.5 Å². The summed E-state index contributed by atoms with van der Waals surface area (Å²) in [5.41, 5.74) is 2.60. The molecule has 1 saturated heterocycles. The van der Waals surface area contributed by atoms with Crippen molar-refractivity contribution < 1.29 is 14.3 Å². The van der Waals surface area contributed by atoms with Gasteiger partial charge in [-0.3, -0.25) is 14.5 Å². The van der Waals surface area contributed by atoms with Gasteiger partial charge in [0.2, 0.25) is 0 Å². The lowest BCUT2D eigenvalue weighted by atomic mass is 10.1. The highest BCUT2D eigenvalue weighted by molar-refractivity contribution is 8.26. The second-order valence-electron chi connectivity index (χ2n) is 5.83. The lowest BCUT2D eigenvalue weighted by molar-refractivity contribution is -0.121. The molecule has 0 aromatic heterocycles. The van der Waals surface area contributed by atoms with Gasteiger partial charge in [0.25, 0.3) is 5.91 Å². The Morgan fingerprint density at radius 1 is 1.15 bits per heavy atom. The van der Waals surface area contributed by atoms with Gasteiger partial charge in [0.05, 0.1) is 18.6 Å². The lowest BCUT2D eigenvalue weighted by Gasteiger charge is -2.13. The van der Waals surface area contributed by atoms with Gasteiger partial charge in [0.1, 0.15) is 10.1 Å². The van der Waals surface area contributed by atoms with Crippen LogP contribution in [-0.4, -0.2) is 34.6 Å². The Bertz CT molecular complexity index is 886. The number of carbonyl (C=O) groups is 2. The summed E-state index contributed by atoms with van der Waals surface area (Å²) < 4.78 is 5.49. The highest BCUT2D eigenvalue weighted by Gasteiger charge is 2.33. The molecular weight excluding hydrogens is 366 g/mol. The number of aryl methyl sites for hydroxylation is 1. The lowest BCUT2D eigenvalue weighted by Crippen LogP contribution is -2.33. The molecule has 2 aromatic carbocycles. The Morgan fingerprint density at radius 2 is 1.81 bits per heavy atom. The van der Waals surface area contributed by atoms with Crippen LogP contribution >= 0.6 is 24.0 Å². The minimum atomic E-state index is -0.234. The van der Waals surface area contributed by atoms with Gasteiger partial charge in [-0.2, -0.15) is 0 Å². The predicted molar refractivity (Wildman–Crippen MR) is 108 cm³/mol. The summed E-state index contributed by atoms with van der Waals surface area (Å²) in [5, 5.41) is 0. The second-order valence-corrected chi connectivity index (χ2v) is 7.51. The van der Waals surface area contributed by atoms with Crippen LogP contribution in [0.4, 0.5) is 0 Å². The highest BCUT2D eigenvalue weighted by atomic mass is 32.2. The first-order chi connectivity index (χ1) is 12.5. The summed E-state index contributed by atoms with van der Waals surface area (Å²) in [4.78, 5) is 27.0. The Hall–Kier alpha value is -2.44. The summed E-state index contributed by atoms with van der Waals surface area (Å²) in [6.07, 6.45) is 1.80. The third-order valence-electron chi connectivity index (χ3n) is 3.96. The molecule has 1 fully saturated rings. The smallest absolute Gasteiger partial charge is 0.266 e. The maximum atomic E-state index is 12.6.